The number of rotatable bonds is 4. The van der Waals surface area contributed by atoms with Crippen LogP contribution < -0.4 is 5.32 Å². The molecule has 3 heteroatoms. The first-order valence-electron chi connectivity index (χ1n) is 7.04. The predicted octanol–water partition coefficient (Wildman–Crippen LogP) is 3.78. The Kier molecular flexibility index (Phi) is 5.14. The summed E-state index contributed by atoms with van der Waals surface area (Å²) in [5, 5.41) is 4.86. The van der Waals surface area contributed by atoms with E-state index in [-0.39, 0.29) is 0 Å². The topological polar surface area (TPSA) is 12.0 Å². The van der Waals surface area contributed by atoms with Gasteiger partial charge in [-0.25, -0.2) is 0 Å². The molecular formula is C14H27NS2. The quantitative estimate of drug-likeness (QED) is 0.837. The number of hydrogen-bond acceptors (Lipinski definition) is 3. The molecule has 2 fully saturated rings. The second kappa shape index (κ2) is 6.21. The molecule has 1 saturated heterocycles. The zero-order chi connectivity index (χ0) is 12.3. The van der Waals surface area contributed by atoms with E-state index < -0.39 is 0 Å². The molecule has 17 heavy (non-hydrogen) atoms. The molecule has 0 aromatic rings. The molecule has 2 aliphatic rings. The van der Waals surface area contributed by atoms with Crippen molar-refractivity contribution >= 4 is 23.5 Å². The summed E-state index contributed by atoms with van der Waals surface area (Å²) in [6.07, 6.45) is 5.60. The Morgan fingerprint density at radius 1 is 1.29 bits per heavy atom. The van der Waals surface area contributed by atoms with Crippen LogP contribution in [0.3, 0.4) is 0 Å². The van der Waals surface area contributed by atoms with Gasteiger partial charge in [-0.3, -0.25) is 0 Å². The van der Waals surface area contributed by atoms with Gasteiger partial charge in [-0.2, -0.15) is 23.5 Å². The van der Waals surface area contributed by atoms with Crippen LogP contribution in [0.5, 0.6) is 0 Å². The van der Waals surface area contributed by atoms with Gasteiger partial charge in [0.2, 0.25) is 0 Å². The summed E-state index contributed by atoms with van der Waals surface area (Å²) >= 11 is 4.30. The minimum atomic E-state index is 0.538. The Balaban J connectivity index is 1.74. The Hall–Kier alpha value is 0.660. The molecule has 1 heterocycles. The van der Waals surface area contributed by atoms with E-state index in [1.807, 2.05) is 0 Å². The fourth-order valence-electron chi connectivity index (χ4n) is 3.18. The van der Waals surface area contributed by atoms with E-state index in [9.17, 15) is 0 Å². The maximum absolute atomic E-state index is 3.93. The molecule has 0 aromatic heterocycles. The molecule has 100 valence electrons. The third-order valence-electron chi connectivity index (χ3n) is 3.87. The zero-order valence-electron chi connectivity index (χ0n) is 11.5. The van der Waals surface area contributed by atoms with E-state index in [0.717, 1.165) is 17.3 Å². The molecule has 1 N–H and O–H groups in total. The minimum absolute atomic E-state index is 0.538. The Bertz CT molecular complexity index is 242. The van der Waals surface area contributed by atoms with Crippen molar-refractivity contribution < 1.29 is 0 Å². The molecule has 1 aliphatic heterocycles. The molecule has 0 bridgehead atoms. The molecule has 0 spiro atoms. The van der Waals surface area contributed by atoms with Crippen LogP contribution in [0.1, 0.15) is 46.5 Å². The first-order chi connectivity index (χ1) is 8.09. The smallest absolute Gasteiger partial charge is 0.0166 e. The summed E-state index contributed by atoms with van der Waals surface area (Å²) in [6.45, 7) is 7.11. The maximum atomic E-state index is 3.93. The summed E-state index contributed by atoms with van der Waals surface area (Å²) in [7, 11) is 0. The summed E-state index contributed by atoms with van der Waals surface area (Å²) in [5.74, 6) is 3.94. The average molecular weight is 274 g/mol. The van der Waals surface area contributed by atoms with Crippen molar-refractivity contribution in [3.63, 3.8) is 0 Å². The van der Waals surface area contributed by atoms with Gasteiger partial charge in [0.15, 0.2) is 0 Å². The van der Waals surface area contributed by atoms with Crippen molar-refractivity contribution in [3.8, 4) is 0 Å². The number of hydrogen-bond donors (Lipinski definition) is 1. The van der Waals surface area contributed by atoms with Crippen molar-refractivity contribution in [1.82, 2.24) is 5.32 Å². The van der Waals surface area contributed by atoms with Crippen LogP contribution in [-0.2, 0) is 0 Å². The van der Waals surface area contributed by atoms with Gasteiger partial charge >= 0.3 is 0 Å². The van der Waals surface area contributed by atoms with Gasteiger partial charge in [0, 0.05) is 23.1 Å². The lowest BCUT2D eigenvalue weighted by molar-refractivity contribution is 0.300. The molecule has 0 radical (unpaired) electrons. The molecule has 0 amide bonds. The van der Waals surface area contributed by atoms with E-state index in [0.29, 0.717) is 5.41 Å². The molecule has 1 aliphatic carbocycles. The predicted molar refractivity (Wildman–Crippen MR) is 82.2 cm³/mol. The highest BCUT2D eigenvalue weighted by Crippen LogP contribution is 2.35. The van der Waals surface area contributed by atoms with E-state index in [1.165, 1.54) is 42.9 Å². The third kappa shape index (κ3) is 4.36. The standard InChI is InChI=1S/C14H27NS2/c1-4-17-13-6-5-11(7-13)15-12-8-14(2,3)10-16-9-12/h11-13,15H,4-10H2,1-3H3. The Morgan fingerprint density at radius 3 is 2.82 bits per heavy atom. The first kappa shape index (κ1) is 14.1. The Labute approximate surface area is 115 Å². The highest BCUT2D eigenvalue weighted by atomic mass is 32.2. The highest BCUT2D eigenvalue weighted by Gasteiger charge is 2.32. The van der Waals surface area contributed by atoms with Crippen LogP contribution in [0, 0.1) is 5.41 Å². The molecule has 3 atom stereocenters. The summed E-state index contributed by atoms with van der Waals surface area (Å²) in [6, 6.07) is 1.57. The average Bonchev–Trinajstić information content (AvgIpc) is 2.64. The van der Waals surface area contributed by atoms with Gasteiger partial charge in [-0.15, -0.1) is 0 Å². The van der Waals surface area contributed by atoms with Gasteiger partial charge in [0.05, 0.1) is 0 Å². The van der Waals surface area contributed by atoms with Crippen molar-refractivity contribution in [2.75, 3.05) is 17.3 Å². The van der Waals surface area contributed by atoms with Crippen LogP contribution in [0.2, 0.25) is 0 Å². The summed E-state index contributed by atoms with van der Waals surface area (Å²) in [4.78, 5) is 0. The van der Waals surface area contributed by atoms with Crippen molar-refractivity contribution in [3.05, 3.63) is 0 Å². The minimum Gasteiger partial charge on any atom is -0.310 e. The van der Waals surface area contributed by atoms with Gasteiger partial charge in [0.25, 0.3) is 0 Å². The molecule has 1 nitrogen and oxygen atoms in total. The zero-order valence-corrected chi connectivity index (χ0v) is 13.1. The molecule has 1 saturated carbocycles. The molecule has 2 rings (SSSR count). The van der Waals surface area contributed by atoms with Gasteiger partial charge in [0.1, 0.15) is 0 Å². The highest BCUT2D eigenvalue weighted by molar-refractivity contribution is 7.99. The van der Waals surface area contributed by atoms with Crippen molar-refractivity contribution in [2.45, 2.75) is 63.8 Å². The van der Waals surface area contributed by atoms with Gasteiger partial charge in [-0.1, -0.05) is 20.8 Å². The van der Waals surface area contributed by atoms with Gasteiger partial charge in [-0.05, 0) is 42.6 Å². The van der Waals surface area contributed by atoms with E-state index >= 15 is 0 Å². The van der Waals surface area contributed by atoms with Crippen molar-refractivity contribution in [1.29, 1.82) is 0 Å². The second-order valence-electron chi connectivity index (χ2n) is 6.33. The number of nitrogens with one attached hydrogen (secondary N) is 1. The van der Waals surface area contributed by atoms with Crippen LogP contribution in [0.25, 0.3) is 0 Å². The lowest BCUT2D eigenvalue weighted by Crippen LogP contribution is -2.44. The lowest BCUT2D eigenvalue weighted by Gasteiger charge is -2.36. The second-order valence-corrected chi connectivity index (χ2v) is 8.94. The van der Waals surface area contributed by atoms with E-state index in [4.69, 9.17) is 0 Å². The SMILES string of the molecule is CCSC1CCC(NC2CSCC(C)(C)C2)C1. The largest absolute Gasteiger partial charge is 0.310 e. The monoisotopic (exact) mass is 273 g/mol. The first-order valence-corrected chi connectivity index (χ1v) is 9.25. The lowest BCUT2D eigenvalue weighted by atomic mass is 9.87. The van der Waals surface area contributed by atoms with Crippen molar-refractivity contribution in [2.24, 2.45) is 5.41 Å². The van der Waals surface area contributed by atoms with Crippen LogP contribution >= 0.6 is 23.5 Å². The fraction of sp³-hybridized carbons (Fsp3) is 1.00. The van der Waals surface area contributed by atoms with E-state index in [1.54, 1.807) is 0 Å². The third-order valence-corrected chi connectivity index (χ3v) is 6.73. The summed E-state index contributed by atoms with van der Waals surface area (Å²) in [5.41, 5.74) is 0.538. The maximum Gasteiger partial charge on any atom is 0.0166 e. The van der Waals surface area contributed by atoms with E-state index in [2.05, 4.69) is 49.6 Å². The normalized spacial score (nSPS) is 37.2. The number of thioether (sulfide) groups is 2. The molecular weight excluding hydrogens is 246 g/mol. The van der Waals surface area contributed by atoms with Crippen LogP contribution in [0.4, 0.5) is 0 Å². The Morgan fingerprint density at radius 2 is 2.12 bits per heavy atom. The van der Waals surface area contributed by atoms with Gasteiger partial charge < -0.3 is 5.32 Å². The fourth-order valence-corrected chi connectivity index (χ4v) is 5.61. The summed E-state index contributed by atoms with van der Waals surface area (Å²) < 4.78 is 0. The van der Waals surface area contributed by atoms with Crippen LogP contribution in [-0.4, -0.2) is 34.6 Å². The van der Waals surface area contributed by atoms with Crippen LogP contribution in [0.15, 0.2) is 0 Å². The molecule has 0 aromatic carbocycles. The molecule has 3 unspecified atom stereocenters.